The van der Waals surface area contributed by atoms with Crippen LogP contribution in [0.2, 0.25) is 5.15 Å². The summed E-state index contributed by atoms with van der Waals surface area (Å²) in [4.78, 5) is 15.4. The third kappa shape index (κ3) is 2.53. The average Bonchev–Trinajstić information content (AvgIpc) is 3.10. The van der Waals surface area contributed by atoms with Crippen LogP contribution in [0.25, 0.3) is 22.1 Å². The minimum absolute atomic E-state index is 0.464. The summed E-state index contributed by atoms with van der Waals surface area (Å²) in [5.74, 6) is 1.17. The van der Waals surface area contributed by atoms with Gasteiger partial charge in [0.2, 0.25) is 5.95 Å². The highest BCUT2D eigenvalue weighted by Crippen LogP contribution is 2.27. The van der Waals surface area contributed by atoms with Crippen molar-refractivity contribution in [3.8, 4) is 0 Å². The summed E-state index contributed by atoms with van der Waals surface area (Å²) >= 11 is 5.99. The molecule has 0 atom stereocenters. The summed E-state index contributed by atoms with van der Waals surface area (Å²) < 4.78 is 0. The number of rotatable bonds is 3. The molecule has 0 aliphatic carbocycles. The van der Waals surface area contributed by atoms with E-state index in [0.29, 0.717) is 17.0 Å². The Balaban J connectivity index is 1.72. The maximum atomic E-state index is 5.99. The third-order valence-electron chi connectivity index (χ3n) is 3.91. The Kier molecular flexibility index (Phi) is 3.23. The molecule has 4 aromatic rings. The van der Waals surface area contributed by atoms with Crippen LogP contribution < -0.4 is 5.32 Å². The van der Waals surface area contributed by atoms with Crippen LogP contribution in [-0.4, -0.2) is 19.9 Å². The predicted molar refractivity (Wildman–Crippen MR) is 94.6 cm³/mol. The number of anilines is 2. The maximum absolute atomic E-state index is 5.99. The van der Waals surface area contributed by atoms with Gasteiger partial charge < -0.3 is 15.3 Å². The van der Waals surface area contributed by atoms with Crippen molar-refractivity contribution in [3.63, 3.8) is 0 Å². The fourth-order valence-corrected chi connectivity index (χ4v) is 2.79. The van der Waals surface area contributed by atoms with E-state index in [9.17, 15) is 0 Å². The fraction of sp³-hybridized carbons (Fsp3) is 0.176. The number of imidazole rings is 1. The number of fused-ring (bicyclic) bond motifs is 2. The van der Waals surface area contributed by atoms with Crippen LogP contribution in [0.15, 0.2) is 36.5 Å². The zero-order chi connectivity index (χ0) is 16.0. The molecule has 0 aliphatic rings. The molecule has 0 bridgehead atoms. The second kappa shape index (κ2) is 5.28. The van der Waals surface area contributed by atoms with Crippen LogP contribution in [0.1, 0.15) is 25.3 Å². The Morgan fingerprint density at radius 1 is 1.09 bits per heavy atom. The van der Waals surface area contributed by atoms with Gasteiger partial charge in [-0.05, 0) is 35.7 Å². The molecule has 3 N–H and O–H groups in total. The molecule has 0 saturated carbocycles. The van der Waals surface area contributed by atoms with Crippen LogP contribution in [0.3, 0.4) is 0 Å². The number of pyridine rings is 1. The van der Waals surface area contributed by atoms with Gasteiger partial charge in [0, 0.05) is 6.20 Å². The number of nitrogens with one attached hydrogen (secondary N) is 3. The minimum atomic E-state index is 0.464. The number of benzene rings is 1. The Labute approximate surface area is 138 Å². The van der Waals surface area contributed by atoms with E-state index >= 15 is 0 Å². The molecular formula is C17H16ClN5. The number of hydrogen-bond acceptors (Lipinski definition) is 3. The molecule has 5 nitrogen and oxygen atoms in total. The molecule has 6 heteroatoms. The molecule has 0 aliphatic heterocycles. The van der Waals surface area contributed by atoms with Gasteiger partial charge in [-0.15, -0.1) is 0 Å². The number of halogens is 1. The van der Waals surface area contributed by atoms with Crippen molar-refractivity contribution in [1.82, 2.24) is 19.9 Å². The first-order chi connectivity index (χ1) is 11.1. The largest absolute Gasteiger partial charge is 0.358 e. The van der Waals surface area contributed by atoms with Gasteiger partial charge in [-0.3, -0.25) is 0 Å². The molecule has 3 heterocycles. The quantitative estimate of drug-likeness (QED) is 0.466. The molecule has 0 radical (unpaired) electrons. The van der Waals surface area contributed by atoms with Crippen molar-refractivity contribution in [2.45, 2.75) is 19.8 Å². The lowest BCUT2D eigenvalue weighted by atomic mass is 10.0. The second-order valence-corrected chi connectivity index (χ2v) is 6.26. The summed E-state index contributed by atoms with van der Waals surface area (Å²) in [6.07, 6.45) is 1.86. The first-order valence-electron chi connectivity index (χ1n) is 7.50. The van der Waals surface area contributed by atoms with Gasteiger partial charge >= 0.3 is 0 Å². The van der Waals surface area contributed by atoms with E-state index in [1.807, 2.05) is 18.3 Å². The van der Waals surface area contributed by atoms with Crippen molar-refractivity contribution in [3.05, 3.63) is 47.2 Å². The van der Waals surface area contributed by atoms with Gasteiger partial charge in [-0.25, -0.2) is 9.97 Å². The van der Waals surface area contributed by atoms with Crippen LogP contribution in [-0.2, 0) is 0 Å². The fourth-order valence-electron chi connectivity index (χ4n) is 2.64. The maximum Gasteiger partial charge on any atom is 0.205 e. The first-order valence-corrected chi connectivity index (χ1v) is 7.88. The molecule has 0 unspecified atom stereocenters. The van der Waals surface area contributed by atoms with E-state index in [1.165, 1.54) is 5.56 Å². The lowest BCUT2D eigenvalue weighted by Gasteiger charge is -2.03. The normalized spacial score (nSPS) is 11.7. The Bertz CT molecular complexity index is 999. The van der Waals surface area contributed by atoms with E-state index in [-0.39, 0.29) is 0 Å². The number of nitrogens with zero attached hydrogens (tertiary/aromatic N) is 2. The molecule has 0 spiro atoms. The summed E-state index contributed by atoms with van der Waals surface area (Å²) in [6.45, 7) is 4.36. The third-order valence-corrected chi connectivity index (χ3v) is 4.12. The van der Waals surface area contributed by atoms with E-state index in [1.54, 1.807) is 6.07 Å². The minimum Gasteiger partial charge on any atom is -0.358 e. The van der Waals surface area contributed by atoms with E-state index in [2.05, 4.69) is 51.2 Å². The van der Waals surface area contributed by atoms with Gasteiger partial charge in [0.25, 0.3) is 0 Å². The Morgan fingerprint density at radius 2 is 1.96 bits per heavy atom. The van der Waals surface area contributed by atoms with Gasteiger partial charge in [0.1, 0.15) is 10.7 Å². The topological polar surface area (TPSA) is 69.4 Å². The number of aromatic amines is 2. The highest BCUT2D eigenvalue weighted by Gasteiger charge is 2.10. The van der Waals surface area contributed by atoms with Crippen molar-refractivity contribution in [1.29, 1.82) is 0 Å². The van der Waals surface area contributed by atoms with Crippen molar-refractivity contribution in [2.75, 3.05) is 5.32 Å². The predicted octanol–water partition coefficient (Wildman–Crippen LogP) is 4.96. The van der Waals surface area contributed by atoms with Gasteiger partial charge in [-0.1, -0.05) is 31.5 Å². The molecule has 0 amide bonds. The van der Waals surface area contributed by atoms with Gasteiger partial charge in [-0.2, -0.15) is 0 Å². The van der Waals surface area contributed by atoms with Gasteiger partial charge in [0.15, 0.2) is 0 Å². The number of aromatic nitrogens is 4. The molecule has 3 aromatic heterocycles. The average molecular weight is 326 g/mol. The van der Waals surface area contributed by atoms with Crippen molar-refractivity contribution >= 4 is 45.3 Å². The summed E-state index contributed by atoms with van der Waals surface area (Å²) in [7, 11) is 0. The molecular weight excluding hydrogens is 310 g/mol. The standard InChI is InChI=1S/C17H16ClN5/c1-9(2)10-3-4-11-13(7-10)21-17(20-11)22-14-8-19-12-5-6-15(18)23-16(12)14/h3-9,19H,1-2H3,(H2,20,21,22). The van der Waals surface area contributed by atoms with Gasteiger partial charge in [0.05, 0.1) is 22.2 Å². The lowest BCUT2D eigenvalue weighted by molar-refractivity contribution is 0.868. The van der Waals surface area contributed by atoms with Crippen LogP contribution in [0.4, 0.5) is 11.6 Å². The van der Waals surface area contributed by atoms with E-state index in [4.69, 9.17) is 11.6 Å². The monoisotopic (exact) mass is 325 g/mol. The van der Waals surface area contributed by atoms with Crippen LogP contribution in [0, 0.1) is 0 Å². The Hall–Kier alpha value is -2.53. The molecule has 0 fully saturated rings. The first kappa shape index (κ1) is 14.1. The molecule has 23 heavy (non-hydrogen) atoms. The van der Waals surface area contributed by atoms with Crippen LogP contribution >= 0.6 is 11.6 Å². The highest BCUT2D eigenvalue weighted by molar-refractivity contribution is 6.29. The number of hydrogen-bond donors (Lipinski definition) is 3. The van der Waals surface area contributed by atoms with E-state index < -0.39 is 0 Å². The highest BCUT2D eigenvalue weighted by atomic mass is 35.5. The number of H-pyrrole nitrogens is 2. The van der Waals surface area contributed by atoms with Crippen molar-refractivity contribution < 1.29 is 0 Å². The summed E-state index contributed by atoms with van der Waals surface area (Å²) in [5.41, 5.74) is 5.79. The molecule has 116 valence electrons. The molecule has 4 rings (SSSR count). The van der Waals surface area contributed by atoms with Crippen molar-refractivity contribution in [2.24, 2.45) is 0 Å². The summed E-state index contributed by atoms with van der Waals surface area (Å²) in [5, 5.41) is 3.74. The second-order valence-electron chi connectivity index (χ2n) is 5.87. The Morgan fingerprint density at radius 3 is 2.78 bits per heavy atom. The molecule has 1 aromatic carbocycles. The zero-order valence-electron chi connectivity index (χ0n) is 12.8. The molecule has 0 saturated heterocycles. The smallest absolute Gasteiger partial charge is 0.205 e. The zero-order valence-corrected chi connectivity index (χ0v) is 13.6. The van der Waals surface area contributed by atoms with E-state index in [0.717, 1.165) is 27.8 Å². The summed E-state index contributed by atoms with van der Waals surface area (Å²) in [6, 6.07) is 9.96. The van der Waals surface area contributed by atoms with Crippen LogP contribution in [0.5, 0.6) is 0 Å². The lowest BCUT2D eigenvalue weighted by Crippen LogP contribution is -1.91. The SMILES string of the molecule is CC(C)c1ccc2nc(Nc3c[nH]c4ccc(Cl)nc34)[nH]c2c1.